The number of ether oxygens (including phenoxy) is 2. The van der Waals surface area contributed by atoms with Crippen LogP contribution in [-0.2, 0) is 14.3 Å². The summed E-state index contributed by atoms with van der Waals surface area (Å²) in [6.45, 7) is 5.10. The summed E-state index contributed by atoms with van der Waals surface area (Å²) in [5, 5.41) is 7.32. The first-order chi connectivity index (χ1) is 15.8. The van der Waals surface area contributed by atoms with Crippen LogP contribution in [0.3, 0.4) is 0 Å². The van der Waals surface area contributed by atoms with Crippen LogP contribution < -0.4 is 15.5 Å². The second-order valence-electron chi connectivity index (χ2n) is 7.11. The number of nitrogens with one attached hydrogen (secondary N) is 2. The molecule has 33 heavy (non-hydrogen) atoms. The molecule has 1 aliphatic heterocycles. The first-order valence-electron chi connectivity index (χ1n) is 10.5. The van der Waals surface area contributed by atoms with Crippen molar-refractivity contribution in [2.24, 2.45) is 4.99 Å². The first kappa shape index (κ1) is 25.4. The zero-order chi connectivity index (χ0) is 24.0. The van der Waals surface area contributed by atoms with Crippen LogP contribution in [0.5, 0.6) is 0 Å². The van der Waals surface area contributed by atoms with Gasteiger partial charge in [-0.25, -0.2) is 4.99 Å². The van der Waals surface area contributed by atoms with Gasteiger partial charge < -0.3 is 25.0 Å². The number of anilines is 1. The van der Waals surface area contributed by atoms with Crippen molar-refractivity contribution in [2.75, 3.05) is 31.7 Å². The van der Waals surface area contributed by atoms with Crippen LogP contribution in [0.4, 0.5) is 5.69 Å². The maximum atomic E-state index is 13.3. The summed E-state index contributed by atoms with van der Waals surface area (Å²) in [5.74, 6) is -0.282. The quantitative estimate of drug-likeness (QED) is 0.414. The molecule has 2 aromatic carbocycles. The molecule has 1 heterocycles. The van der Waals surface area contributed by atoms with E-state index in [4.69, 9.17) is 49.9 Å². The number of hydrogen-bond acceptors (Lipinski definition) is 5. The number of fused-ring (bicyclic) bond motifs is 1. The number of benzene rings is 2. The molecule has 2 aromatic rings. The SMILES string of the molecule is CCOC(CNC(=S)NC1N=C(c2ccccc2Cl)c2cc(Cl)ccc2N(C)C1=O)OCC. The van der Waals surface area contributed by atoms with Gasteiger partial charge in [0.05, 0.1) is 17.9 Å². The number of amides is 1. The van der Waals surface area contributed by atoms with Gasteiger partial charge in [0, 0.05) is 41.4 Å². The smallest absolute Gasteiger partial charge is 0.272 e. The van der Waals surface area contributed by atoms with E-state index >= 15 is 0 Å². The van der Waals surface area contributed by atoms with E-state index in [1.54, 1.807) is 31.3 Å². The molecule has 176 valence electrons. The van der Waals surface area contributed by atoms with E-state index in [-0.39, 0.29) is 11.0 Å². The van der Waals surface area contributed by atoms with Gasteiger partial charge in [0.2, 0.25) is 6.17 Å². The molecule has 10 heteroatoms. The normalized spacial score (nSPS) is 15.7. The highest BCUT2D eigenvalue weighted by Gasteiger charge is 2.31. The van der Waals surface area contributed by atoms with Crippen LogP contribution >= 0.6 is 35.4 Å². The highest BCUT2D eigenvalue weighted by Crippen LogP contribution is 2.31. The minimum Gasteiger partial charge on any atom is -0.358 e. The predicted octanol–water partition coefficient (Wildman–Crippen LogP) is 4.00. The summed E-state index contributed by atoms with van der Waals surface area (Å²) in [6, 6.07) is 12.6. The lowest BCUT2D eigenvalue weighted by atomic mass is 10.00. The van der Waals surface area contributed by atoms with Gasteiger partial charge in [-0.05, 0) is 50.3 Å². The van der Waals surface area contributed by atoms with E-state index < -0.39 is 12.5 Å². The average Bonchev–Trinajstić information content (AvgIpc) is 2.88. The van der Waals surface area contributed by atoms with E-state index in [2.05, 4.69) is 10.6 Å². The lowest BCUT2D eigenvalue weighted by Crippen LogP contribution is -2.50. The number of benzodiazepines with no additional fused rings is 1. The van der Waals surface area contributed by atoms with Crippen molar-refractivity contribution in [3.63, 3.8) is 0 Å². The van der Waals surface area contributed by atoms with Crippen molar-refractivity contribution in [2.45, 2.75) is 26.3 Å². The number of halogens is 2. The van der Waals surface area contributed by atoms with E-state index in [0.29, 0.717) is 52.3 Å². The molecule has 0 radical (unpaired) electrons. The third-order valence-electron chi connectivity index (χ3n) is 4.93. The van der Waals surface area contributed by atoms with Crippen LogP contribution in [0.1, 0.15) is 25.0 Å². The Morgan fingerprint density at radius 3 is 2.52 bits per heavy atom. The number of carbonyl (C=O) groups is 1. The summed E-state index contributed by atoms with van der Waals surface area (Å²) in [6.07, 6.45) is -1.44. The molecular formula is C23H26Cl2N4O3S. The Morgan fingerprint density at radius 1 is 1.15 bits per heavy atom. The summed E-state index contributed by atoms with van der Waals surface area (Å²) >= 11 is 18.2. The second-order valence-corrected chi connectivity index (χ2v) is 8.37. The molecule has 0 fully saturated rings. The molecule has 1 amide bonds. The van der Waals surface area contributed by atoms with E-state index in [1.165, 1.54) is 4.90 Å². The fourth-order valence-corrected chi connectivity index (χ4v) is 3.99. The van der Waals surface area contributed by atoms with Gasteiger partial charge in [0.25, 0.3) is 5.91 Å². The van der Waals surface area contributed by atoms with Crippen LogP contribution in [0.2, 0.25) is 10.0 Å². The van der Waals surface area contributed by atoms with Crippen molar-refractivity contribution in [3.05, 3.63) is 63.6 Å². The molecule has 2 N–H and O–H groups in total. The number of hydrogen-bond donors (Lipinski definition) is 2. The number of nitrogens with zero attached hydrogens (tertiary/aromatic N) is 2. The van der Waals surface area contributed by atoms with Crippen LogP contribution in [-0.4, -0.2) is 56.0 Å². The topological polar surface area (TPSA) is 75.2 Å². The largest absolute Gasteiger partial charge is 0.358 e. The molecule has 1 aliphatic rings. The van der Waals surface area contributed by atoms with E-state index in [0.717, 1.165) is 0 Å². The molecule has 0 bridgehead atoms. The van der Waals surface area contributed by atoms with Crippen LogP contribution in [0, 0.1) is 0 Å². The highest BCUT2D eigenvalue weighted by molar-refractivity contribution is 7.80. The maximum absolute atomic E-state index is 13.3. The van der Waals surface area contributed by atoms with Crippen molar-refractivity contribution >= 4 is 57.8 Å². The van der Waals surface area contributed by atoms with Gasteiger partial charge in [-0.1, -0.05) is 41.4 Å². The zero-order valence-corrected chi connectivity index (χ0v) is 20.9. The van der Waals surface area contributed by atoms with E-state index in [1.807, 2.05) is 32.0 Å². The van der Waals surface area contributed by atoms with Crippen molar-refractivity contribution in [3.8, 4) is 0 Å². The third-order valence-corrected chi connectivity index (χ3v) is 5.76. The Labute approximate surface area is 209 Å². The number of carbonyl (C=O) groups excluding carboxylic acids is 1. The summed E-state index contributed by atoms with van der Waals surface area (Å²) in [4.78, 5) is 19.6. The van der Waals surface area contributed by atoms with Gasteiger partial charge in [0.1, 0.15) is 0 Å². The fraction of sp³-hybridized carbons (Fsp3) is 0.348. The monoisotopic (exact) mass is 508 g/mol. The Hall–Kier alpha value is -2.23. The minimum absolute atomic E-state index is 0.248. The van der Waals surface area contributed by atoms with Gasteiger partial charge in [-0.2, -0.15) is 0 Å². The minimum atomic E-state index is -0.981. The third kappa shape index (κ3) is 6.22. The predicted molar refractivity (Wildman–Crippen MR) is 137 cm³/mol. The molecule has 0 aliphatic carbocycles. The Bertz CT molecular complexity index is 1040. The summed E-state index contributed by atoms with van der Waals surface area (Å²) in [7, 11) is 1.69. The second kappa shape index (κ2) is 11.8. The highest BCUT2D eigenvalue weighted by atomic mass is 35.5. The Balaban J connectivity index is 1.93. The number of aliphatic imine (C=N–C) groups is 1. The Morgan fingerprint density at radius 2 is 1.85 bits per heavy atom. The molecule has 0 aromatic heterocycles. The standard InChI is InChI=1S/C23H26Cl2N4O3S/c1-4-31-19(32-5-2)13-26-23(33)28-21-22(30)29(3)18-11-10-14(24)12-16(18)20(27-21)15-8-6-7-9-17(15)25/h6-12,19,21H,4-5,13H2,1-3H3,(H2,26,28,33). The maximum Gasteiger partial charge on any atom is 0.272 e. The first-order valence-corrected chi connectivity index (χ1v) is 11.7. The summed E-state index contributed by atoms with van der Waals surface area (Å²) < 4.78 is 11.0. The molecular weight excluding hydrogens is 483 g/mol. The molecule has 0 saturated carbocycles. The fourth-order valence-electron chi connectivity index (χ4n) is 3.40. The lowest BCUT2D eigenvalue weighted by Gasteiger charge is -2.23. The van der Waals surface area contributed by atoms with Gasteiger partial charge >= 0.3 is 0 Å². The van der Waals surface area contributed by atoms with E-state index in [9.17, 15) is 4.79 Å². The Kier molecular flexibility index (Phi) is 9.05. The summed E-state index contributed by atoms with van der Waals surface area (Å²) in [5.41, 5.74) is 2.59. The van der Waals surface area contributed by atoms with Crippen molar-refractivity contribution in [1.29, 1.82) is 0 Å². The number of rotatable bonds is 8. The zero-order valence-electron chi connectivity index (χ0n) is 18.6. The van der Waals surface area contributed by atoms with Gasteiger partial charge in [0.15, 0.2) is 11.4 Å². The molecule has 1 atom stereocenters. The van der Waals surface area contributed by atoms with Crippen LogP contribution in [0.25, 0.3) is 0 Å². The molecule has 0 spiro atoms. The number of likely N-dealkylation sites (N-methyl/N-ethyl adjacent to an activating group) is 1. The van der Waals surface area contributed by atoms with Crippen molar-refractivity contribution in [1.82, 2.24) is 10.6 Å². The molecule has 0 saturated heterocycles. The lowest BCUT2D eigenvalue weighted by molar-refractivity contribution is -0.131. The average molecular weight is 509 g/mol. The van der Waals surface area contributed by atoms with Crippen LogP contribution in [0.15, 0.2) is 47.5 Å². The molecule has 3 rings (SSSR count). The molecule has 7 nitrogen and oxygen atoms in total. The van der Waals surface area contributed by atoms with Gasteiger partial charge in [-0.15, -0.1) is 0 Å². The van der Waals surface area contributed by atoms with Gasteiger partial charge in [-0.3, -0.25) is 4.79 Å². The van der Waals surface area contributed by atoms with Crippen molar-refractivity contribution < 1.29 is 14.3 Å². The number of thiocarbonyl (C=S) groups is 1. The molecule has 1 unspecified atom stereocenters.